The topological polar surface area (TPSA) is 51.3 Å². The second-order valence-electron chi connectivity index (χ2n) is 6.98. The minimum Gasteiger partial charge on any atom is -0.319 e. The smallest absolute Gasteiger partial charge is 0.271 e. The van der Waals surface area contributed by atoms with Crippen LogP contribution in [0.4, 0.5) is 0 Å². The van der Waals surface area contributed by atoms with Gasteiger partial charge in [-0.15, -0.1) is 0 Å². The highest BCUT2D eigenvalue weighted by molar-refractivity contribution is 6.30. The highest BCUT2D eigenvalue weighted by Gasteiger charge is 2.08. The number of halogens is 1. The fourth-order valence-electron chi connectivity index (χ4n) is 3.40. The summed E-state index contributed by atoms with van der Waals surface area (Å²) >= 11 is 5.96. The molecule has 5 nitrogen and oxygen atoms in total. The van der Waals surface area contributed by atoms with E-state index in [-0.39, 0.29) is 5.91 Å². The molecule has 30 heavy (non-hydrogen) atoms. The summed E-state index contributed by atoms with van der Waals surface area (Å²) in [5.41, 5.74) is 8.27. The summed E-state index contributed by atoms with van der Waals surface area (Å²) in [6.45, 7) is 4.12. The van der Waals surface area contributed by atoms with Crippen molar-refractivity contribution in [2.75, 3.05) is 0 Å². The van der Waals surface area contributed by atoms with Gasteiger partial charge in [-0.3, -0.25) is 4.79 Å². The molecular weight excluding hydrogens is 396 g/mol. The van der Waals surface area contributed by atoms with Crippen LogP contribution in [0.1, 0.15) is 27.4 Å². The summed E-state index contributed by atoms with van der Waals surface area (Å²) < 4.78 is 4.10. The Balaban J connectivity index is 1.45. The number of nitrogens with zero attached hydrogens (tertiary/aromatic N) is 3. The van der Waals surface area contributed by atoms with Crippen molar-refractivity contribution in [2.45, 2.75) is 13.8 Å². The Labute approximate surface area is 180 Å². The van der Waals surface area contributed by atoms with E-state index in [1.807, 2.05) is 59.3 Å². The molecule has 2 aromatic heterocycles. The van der Waals surface area contributed by atoms with Gasteiger partial charge < -0.3 is 9.13 Å². The molecule has 0 aliphatic heterocycles. The Morgan fingerprint density at radius 1 is 0.900 bits per heavy atom. The van der Waals surface area contributed by atoms with Gasteiger partial charge >= 0.3 is 0 Å². The first kappa shape index (κ1) is 19.7. The number of aromatic nitrogens is 2. The van der Waals surface area contributed by atoms with Crippen molar-refractivity contribution in [2.24, 2.45) is 5.10 Å². The first-order chi connectivity index (χ1) is 14.5. The molecule has 150 valence electrons. The van der Waals surface area contributed by atoms with Gasteiger partial charge in [0.1, 0.15) is 0 Å². The van der Waals surface area contributed by atoms with Gasteiger partial charge in [-0.1, -0.05) is 11.6 Å². The van der Waals surface area contributed by atoms with Crippen molar-refractivity contribution < 1.29 is 4.79 Å². The van der Waals surface area contributed by atoms with Gasteiger partial charge in [0.15, 0.2) is 0 Å². The number of rotatable bonds is 5. The lowest BCUT2D eigenvalue weighted by atomic mass is 10.2. The molecule has 0 saturated heterocycles. The minimum absolute atomic E-state index is 0.261. The second-order valence-corrected chi connectivity index (χ2v) is 7.41. The number of carbonyl (C=O) groups excluding carboxylic acids is 1. The van der Waals surface area contributed by atoms with E-state index in [0.29, 0.717) is 10.6 Å². The zero-order valence-electron chi connectivity index (χ0n) is 16.7. The van der Waals surface area contributed by atoms with Crippen LogP contribution in [0.15, 0.2) is 84.1 Å². The SMILES string of the molecule is Cc1ccc(C)n1-c1ccc(C(=O)N/N=C\c2cccn2-c2ccc(Cl)cc2)cc1. The maximum atomic E-state index is 12.4. The molecule has 0 unspecified atom stereocenters. The van der Waals surface area contributed by atoms with Crippen molar-refractivity contribution in [1.82, 2.24) is 14.6 Å². The lowest BCUT2D eigenvalue weighted by molar-refractivity contribution is 0.0955. The molecule has 0 radical (unpaired) electrons. The fraction of sp³-hybridized carbons (Fsp3) is 0.0833. The monoisotopic (exact) mass is 416 g/mol. The molecule has 2 heterocycles. The Morgan fingerprint density at radius 3 is 2.20 bits per heavy atom. The lowest BCUT2D eigenvalue weighted by Gasteiger charge is -2.10. The molecule has 1 amide bonds. The van der Waals surface area contributed by atoms with Gasteiger partial charge in [-0.2, -0.15) is 5.10 Å². The summed E-state index contributed by atoms with van der Waals surface area (Å²) in [5.74, 6) is -0.261. The van der Waals surface area contributed by atoms with Gasteiger partial charge in [0.25, 0.3) is 5.91 Å². The average Bonchev–Trinajstić information content (AvgIpc) is 3.35. The van der Waals surface area contributed by atoms with Gasteiger partial charge in [0.2, 0.25) is 0 Å². The quantitative estimate of drug-likeness (QED) is 0.348. The maximum Gasteiger partial charge on any atom is 0.271 e. The molecule has 0 fully saturated rings. The van der Waals surface area contributed by atoms with Crippen LogP contribution in [0.25, 0.3) is 11.4 Å². The van der Waals surface area contributed by atoms with Gasteiger partial charge in [-0.25, -0.2) is 5.43 Å². The number of hydrogen-bond acceptors (Lipinski definition) is 2. The first-order valence-corrected chi connectivity index (χ1v) is 9.93. The summed E-state index contributed by atoms with van der Waals surface area (Å²) in [7, 11) is 0. The van der Waals surface area contributed by atoms with Crippen LogP contribution < -0.4 is 5.43 Å². The van der Waals surface area contributed by atoms with Gasteiger partial charge in [0, 0.05) is 39.5 Å². The van der Waals surface area contributed by atoms with Gasteiger partial charge in [0.05, 0.1) is 11.9 Å². The molecule has 0 bridgehead atoms. The third kappa shape index (κ3) is 4.07. The zero-order chi connectivity index (χ0) is 21.1. The normalized spacial score (nSPS) is 11.2. The van der Waals surface area contributed by atoms with E-state index in [0.717, 1.165) is 28.5 Å². The molecule has 4 aromatic rings. The van der Waals surface area contributed by atoms with Crippen LogP contribution in [0.3, 0.4) is 0 Å². The standard InChI is InChI=1S/C24H21ClN4O/c1-17-5-6-18(2)29(17)22-11-7-19(8-12-22)24(30)27-26-16-23-4-3-15-28(23)21-13-9-20(25)10-14-21/h3-16H,1-2H3,(H,27,30)/b26-16-. The Morgan fingerprint density at radius 2 is 1.53 bits per heavy atom. The van der Waals surface area contributed by atoms with Crippen LogP contribution in [0.5, 0.6) is 0 Å². The second kappa shape index (κ2) is 8.43. The summed E-state index contributed by atoms with van der Waals surface area (Å²) in [4.78, 5) is 12.4. The molecule has 2 aromatic carbocycles. The van der Waals surface area contributed by atoms with Crippen molar-refractivity contribution >= 4 is 23.7 Å². The summed E-state index contributed by atoms with van der Waals surface area (Å²) in [5, 5.41) is 4.80. The molecule has 0 atom stereocenters. The molecule has 0 saturated carbocycles. The van der Waals surface area contributed by atoms with Crippen LogP contribution >= 0.6 is 11.6 Å². The molecule has 0 aliphatic carbocycles. The van der Waals surface area contributed by atoms with Gasteiger partial charge in [-0.05, 0) is 86.6 Å². The van der Waals surface area contributed by atoms with Crippen LogP contribution in [-0.2, 0) is 0 Å². The maximum absolute atomic E-state index is 12.4. The molecule has 0 spiro atoms. The fourth-order valence-corrected chi connectivity index (χ4v) is 3.52. The number of amides is 1. The van der Waals surface area contributed by atoms with Crippen LogP contribution in [0, 0.1) is 13.8 Å². The molecule has 1 N–H and O–H groups in total. The van der Waals surface area contributed by atoms with E-state index in [1.165, 1.54) is 0 Å². The summed E-state index contributed by atoms with van der Waals surface area (Å²) in [6.07, 6.45) is 3.55. The molecule has 0 aliphatic rings. The van der Waals surface area contributed by atoms with Crippen molar-refractivity contribution in [3.8, 4) is 11.4 Å². The largest absolute Gasteiger partial charge is 0.319 e. The predicted octanol–water partition coefficient (Wildman–Crippen LogP) is 5.30. The van der Waals surface area contributed by atoms with E-state index >= 15 is 0 Å². The molecule has 4 rings (SSSR count). The first-order valence-electron chi connectivity index (χ1n) is 9.55. The van der Waals surface area contributed by atoms with E-state index in [2.05, 4.69) is 41.1 Å². The van der Waals surface area contributed by atoms with Crippen molar-refractivity contribution in [1.29, 1.82) is 0 Å². The third-order valence-electron chi connectivity index (χ3n) is 4.91. The van der Waals surface area contributed by atoms with Crippen LogP contribution in [-0.4, -0.2) is 21.3 Å². The zero-order valence-corrected chi connectivity index (χ0v) is 17.5. The minimum atomic E-state index is -0.261. The van der Waals surface area contributed by atoms with E-state index in [4.69, 9.17) is 11.6 Å². The Kier molecular flexibility index (Phi) is 5.55. The number of carbonyl (C=O) groups is 1. The Hall–Kier alpha value is -3.57. The number of aryl methyl sites for hydroxylation is 2. The Bertz CT molecular complexity index is 1180. The van der Waals surface area contributed by atoms with Crippen molar-refractivity contribution in [3.63, 3.8) is 0 Å². The number of nitrogens with one attached hydrogen (secondary N) is 1. The van der Waals surface area contributed by atoms with E-state index < -0.39 is 0 Å². The van der Waals surface area contributed by atoms with Crippen LogP contribution in [0.2, 0.25) is 5.02 Å². The predicted molar refractivity (Wildman–Crippen MR) is 121 cm³/mol. The number of benzene rings is 2. The van der Waals surface area contributed by atoms with E-state index in [9.17, 15) is 4.79 Å². The van der Waals surface area contributed by atoms with E-state index in [1.54, 1.807) is 18.3 Å². The highest BCUT2D eigenvalue weighted by Crippen LogP contribution is 2.17. The molecule has 6 heteroatoms. The van der Waals surface area contributed by atoms with Crippen molar-refractivity contribution in [3.05, 3.63) is 107 Å². The number of hydrogen-bond donors (Lipinski definition) is 1. The number of hydrazone groups is 1. The summed E-state index contributed by atoms with van der Waals surface area (Å²) in [6, 6.07) is 23.0. The molecular formula is C24H21ClN4O. The lowest BCUT2D eigenvalue weighted by Crippen LogP contribution is -2.18. The highest BCUT2D eigenvalue weighted by atomic mass is 35.5. The third-order valence-corrected chi connectivity index (χ3v) is 5.16. The average molecular weight is 417 g/mol.